The van der Waals surface area contributed by atoms with Gasteiger partial charge in [0.05, 0.1) is 12.2 Å². The van der Waals surface area contributed by atoms with E-state index >= 15 is 0 Å². The standard InChI is InChI=1S/C9H11F2N3O/c1-13-4-7(15)14-9-6(12)3-2-5(10)8(9)11/h2-3,13H,4,12H2,1H3,(H,14,15). The molecular formula is C9H11F2N3O. The van der Waals surface area contributed by atoms with Gasteiger partial charge >= 0.3 is 0 Å². The molecule has 4 nitrogen and oxygen atoms in total. The van der Waals surface area contributed by atoms with E-state index in [1.807, 2.05) is 0 Å². The molecule has 1 amide bonds. The normalized spacial score (nSPS) is 10.1. The van der Waals surface area contributed by atoms with Crippen molar-refractivity contribution in [3.05, 3.63) is 23.8 Å². The number of rotatable bonds is 3. The summed E-state index contributed by atoms with van der Waals surface area (Å²) in [6, 6.07) is 2.09. The van der Waals surface area contributed by atoms with E-state index in [2.05, 4.69) is 10.6 Å². The van der Waals surface area contributed by atoms with Gasteiger partial charge in [0, 0.05) is 0 Å². The van der Waals surface area contributed by atoms with Crippen LogP contribution in [0.1, 0.15) is 0 Å². The number of nitrogens with one attached hydrogen (secondary N) is 2. The molecule has 4 N–H and O–H groups in total. The first-order chi connectivity index (χ1) is 7.06. The number of nitrogens with two attached hydrogens (primary N) is 1. The predicted molar refractivity (Wildman–Crippen MR) is 53.3 cm³/mol. The van der Waals surface area contributed by atoms with Crippen molar-refractivity contribution in [1.82, 2.24) is 5.32 Å². The number of benzene rings is 1. The second-order valence-corrected chi connectivity index (χ2v) is 2.90. The van der Waals surface area contributed by atoms with Crippen LogP contribution < -0.4 is 16.4 Å². The molecule has 6 heteroatoms. The van der Waals surface area contributed by atoms with Gasteiger partial charge in [0.2, 0.25) is 5.91 Å². The molecule has 0 atom stereocenters. The van der Waals surface area contributed by atoms with E-state index in [0.717, 1.165) is 6.07 Å². The van der Waals surface area contributed by atoms with Crippen LogP contribution in [0.4, 0.5) is 20.2 Å². The minimum Gasteiger partial charge on any atom is -0.397 e. The summed E-state index contributed by atoms with van der Waals surface area (Å²) in [6.07, 6.45) is 0. The quantitative estimate of drug-likeness (QED) is 0.650. The fraction of sp³-hybridized carbons (Fsp3) is 0.222. The highest BCUT2D eigenvalue weighted by Gasteiger charge is 2.13. The number of anilines is 2. The Kier molecular flexibility index (Phi) is 3.56. The molecule has 0 fully saturated rings. The molecule has 0 saturated heterocycles. The second-order valence-electron chi connectivity index (χ2n) is 2.90. The van der Waals surface area contributed by atoms with Gasteiger partial charge in [-0.2, -0.15) is 0 Å². The Bertz CT molecular complexity index is 382. The summed E-state index contributed by atoms with van der Waals surface area (Å²) in [4.78, 5) is 11.1. The van der Waals surface area contributed by atoms with Crippen molar-refractivity contribution in [2.75, 3.05) is 24.6 Å². The second kappa shape index (κ2) is 4.70. The zero-order chi connectivity index (χ0) is 11.4. The first kappa shape index (κ1) is 11.4. The maximum absolute atomic E-state index is 13.2. The molecule has 0 spiro atoms. The molecule has 1 aromatic carbocycles. The highest BCUT2D eigenvalue weighted by molar-refractivity contribution is 5.95. The van der Waals surface area contributed by atoms with Crippen molar-refractivity contribution >= 4 is 17.3 Å². The van der Waals surface area contributed by atoms with E-state index in [0.29, 0.717) is 0 Å². The smallest absolute Gasteiger partial charge is 0.238 e. The lowest BCUT2D eigenvalue weighted by Crippen LogP contribution is -2.26. The summed E-state index contributed by atoms with van der Waals surface area (Å²) in [5, 5.41) is 4.75. The number of hydrogen-bond donors (Lipinski definition) is 3. The topological polar surface area (TPSA) is 67.2 Å². The molecule has 0 radical (unpaired) electrons. The number of carbonyl (C=O) groups is 1. The van der Waals surface area contributed by atoms with Crippen molar-refractivity contribution < 1.29 is 13.6 Å². The van der Waals surface area contributed by atoms with Crippen LogP contribution in [-0.4, -0.2) is 19.5 Å². The highest BCUT2D eigenvalue weighted by atomic mass is 19.2. The third-order valence-corrected chi connectivity index (χ3v) is 1.73. The van der Waals surface area contributed by atoms with Gasteiger partial charge in [-0.25, -0.2) is 8.78 Å². The van der Waals surface area contributed by atoms with Crippen molar-refractivity contribution in [2.45, 2.75) is 0 Å². The summed E-state index contributed by atoms with van der Waals surface area (Å²) in [5.74, 6) is -2.70. The van der Waals surface area contributed by atoms with Crippen molar-refractivity contribution in [3.8, 4) is 0 Å². The third-order valence-electron chi connectivity index (χ3n) is 1.73. The Labute approximate surface area is 85.5 Å². The first-order valence-electron chi connectivity index (χ1n) is 4.24. The van der Waals surface area contributed by atoms with E-state index < -0.39 is 17.5 Å². The molecule has 1 rings (SSSR count). The molecule has 15 heavy (non-hydrogen) atoms. The Morgan fingerprint density at radius 2 is 2.13 bits per heavy atom. The van der Waals surface area contributed by atoms with Crippen LogP contribution in [0.3, 0.4) is 0 Å². The molecule has 0 saturated carbocycles. The van der Waals surface area contributed by atoms with E-state index in [9.17, 15) is 13.6 Å². The van der Waals surface area contributed by atoms with Crippen LogP contribution >= 0.6 is 0 Å². The summed E-state index contributed by atoms with van der Waals surface area (Å²) in [7, 11) is 1.56. The van der Waals surface area contributed by atoms with Crippen molar-refractivity contribution in [3.63, 3.8) is 0 Å². The summed E-state index contributed by atoms with van der Waals surface area (Å²) in [5.41, 5.74) is 5.05. The monoisotopic (exact) mass is 215 g/mol. The van der Waals surface area contributed by atoms with Gasteiger partial charge in [0.15, 0.2) is 11.6 Å². The van der Waals surface area contributed by atoms with Crippen LogP contribution in [0.5, 0.6) is 0 Å². The lowest BCUT2D eigenvalue weighted by Gasteiger charge is -2.09. The van der Waals surface area contributed by atoms with Crippen molar-refractivity contribution in [2.24, 2.45) is 0 Å². The maximum Gasteiger partial charge on any atom is 0.238 e. The Morgan fingerprint density at radius 1 is 1.47 bits per heavy atom. The SMILES string of the molecule is CNCC(=O)Nc1c(N)ccc(F)c1F. The van der Waals surface area contributed by atoms with E-state index in [-0.39, 0.29) is 17.9 Å². The van der Waals surface area contributed by atoms with Crippen LogP contribution in [0, 0.1) is 11.6 Å². The Hall–Kier alpha value is -1.69. The molecule has 0 aromatic heterocycles. The van der Waals surface area contributed by atoms with Gasteiger partial charge < -0.3 is 16.4 Å². The fourth-order valence-corrected chi connectivity index (χ4v) is 1.04. The number of amides is 1. The molecule has 82 valence electrons. The molecular weight excluding hydrogens is 204 g/mol. The van der Waals surface area contributed by atoms with E-state index in [1.54, 1.807) is 7.05 Å². The van der Waals surface area contributed by atoms with Crippen LogP contribution in [0.2, 0.25) is 0 Å². The minimum absolute atomic E-state index is 0.00457. The number of hydrogen-bond acceptors (Lipinski definition) is 3. The number of carbonyl (C=O) groups excluding carboxylic acids is 1. The van der Waals surface area contributed by atoms with Gasteiger partial charge in [-0.15, -0.1) is 0 Å². The van der Waals surface area contributed by atoms with Crippen LogP contribution in [0.25, 0.3) is 0 Å². The first-order valence-corrected chi connectivity index (χ1v) is 4.24. The fourth-order valence-electron chi connectivity index (χ4n) is 1.04. The Morgan fingerprint density at radius 3 is 2.73 bits per heavy atom. The van der Waals surface area contributed by atoms with E-state index in [1.165, 1.54) is 6.07 Å². The zero-order valence-corrected chi connectivity index (χ0v) is 8.10. The summed E-state index contributed by atoms with van der Waals surface area (Å²) < 4.78 is 26.0. The highest BCUT2D eigenvalue weighted by Crippen LogP contribution is 2.24. The summed E-state index contributed by atoms with van der Waals surface area (Å²) >= 11 is 0. The molecule has 0 aliphatic carbocycles. The van der Waals surface area contributed by atoms with Crippen LogP contribution in [-0.2, 0) is 4.79 Å². The number of halogens is 2. The summed E-state index contributed by atoms with van der Waals surface area (Å²) in [6.45, 7) is -0.00457. The average Bonchev–Trinajstić information content (AvgIpc) is 2.19. The molecule has 0 heterocycles. The molecule has 0 aliphatic heterocycles. The lowest BCUT2D eigenvalue weighted by molar-refractivity contribution is -0.115. The van der Waals surface area contributed by atoms with Crippen LogP contribution in [0.15, 0.2) is 12.1 Å². The molecule has 0 unspecified atom stereocenters. The molecule has 0 bridgehead atoms. The van der Waals surface area contributed by atoms with Gasteiger partial charge in [0.1, 0.15) is 5.69 Å². The third kappa shape index (κ3) is 2.63. The van der Waals surface area contributed by atoms with Gasteiger partial charge in [0.25, 0.3) is 0 Å². The predicted octanol–water partition coefficient (Wildman–Crippen LogP) is 0.705. The number of nitrogen functional groups attached to an aromatic ring is 1. The molecule has 1 aromatic rings. The maximum atomic E-state index is 13.2. The van der Waals surface area contributed by atoms with Gasteiger partial charge in [-0.05, 0) is 19.2 Å². The Balaban J connectivity index is 2.93. The minimum atomic E-state index is -1.15. The van der Waals surface area contributed by atoms with Gasteiger partial charge in [-0.1, -0.05) is 0 Å². The van der Waals surface area contributed by atoms with E-state index in [4.69, 9.17) is 5.73 Å². The number of likely N-dealkylation sites (N-methyl/N-ethyl adjacent to an activating group) is 1. The zero-order valence-electron chi connectivity index (χ0n) is 8.10. The molecule has 0 aliphatic rings. The van der Waals surface area contributed by atoms with Crippen molar-refractivity contribution in [1.29, 1.82) is 0 Å². The lowest BCUT2D eigenvalue weighted by atomic mass is 10.2. The largest absolute Gasteiger partial charge is 0.397 e. The average molecular weight is 215 g/mol. The van der Waals surface area contributed by atoms with Gasteiger partial charge in [-0.3, -0.25) is 4.79 Å².